The Hall–Kier alpha value is -2.41. The molecular weight excluding hydrogens is 362 g/mol. The van der Waals surface area contributed by atoms with Gasteiger partial charge >= 0.3 is 0 Å². The molecule has 1 atom stereocenters. The third kappa shape index (κ3) is 3.19. The number of aromatic hydroxyl groups is 1. The van der Waals surface area contributed by atoms with Gasteiger partial charge in [0.25, 0.3) is 0 Å². The zero-order valence-corrected chi connectivity index (χ0v) is 13.7. The van der Waals surface area contributed by atoms with Gasteiger partial charge in [0.1, 0.15) is 0 Å². The highest BCUT2D eigenvalue weighted by atomic mass is 79.9. The number of hydrogen-bond donors (Lipinski definition) is 2. The van der Waals surface area contributed by atoms with E-state index in [0.717, 1.165) is 10.2 Å². The molecule has 1 saturated heterocycles. The molecule has 1 aliphatic heterocycles. The fraction of sp³-hybridized carbons (Fsp3) is 0.188. The molecule has 23 heavy (non-hydrogen) atoms. The Labute approximate surface area is 141 Å². The molecule has 2 amide bonds. The van der Waals surface area contributed by atoms with Gasteiger partial charge in [-0.3, -0.25) is 14.6 Å². The monoisotopic (exact) mass is 375 g/mol. The lowest BCUT2D eigenvalue weighted by molar-refractivity contribution is -0.122. The van der Waals surface area contributed by atoms with Crippen LogP contribution >= 0.6 is 15.9 Å². The molecule has 1 aromatic heterocycles. The minimum atomic E-state index is -0.470. The third-order valence-corrected chi connectivity index (χ3v) is 4.37. The molecule has 3 rings (SSSR count). The fourth-order valence-corrected chi connectivity index (χ4v) is 3.01. The number of para-hydroxylation sites is 1. The number of benzene rings is 1. The summed E-state index contributed by atoms with van der Waals surface area (Å²) in [7, 11) is 0. The molecule has 2 heterocycles. The van der Waals surface area contributed by atoms with E-state index in [1.807, 2.05) is 24.3 Å². The Morgan fingerprint density at radius 2 is 2.13 bits per heavy atom. The fourth-order valence-electron chi connectivity index (χ4n) is 2.51. The highest BCUT2D eigenvalue weighted by Gasteiger charge is 2.36. The van der Waals surface area contributed by atoms with Crippen molar-refractivity contribution < 1.29 is 14.7 Å². The van der Waals surface area contributed by atoms with Crippen molar-refractivity contribution in [2.24, 2.45) is 5.92 Å². The van der Waals surface area contributed by atoms with Crippen LogP contribution in [0.1, 0.15) is 6.42 Å². The molecule has 0 bridgehead atoms. The van der Waals surface area contributed by atoms with Crippen LogP contribution in [0, 0.1) is 5.92 Å². The number of amides is 2. The number of pyridine rings is 1. The molecule has 7 heteroatoms. The summed E-state index contributed by atoms with van der Waals surface area (Å²) in [4.78, 5) is 29.9. The van der Waals surface area contributed by atoms with Gasteiger partial charge < -0.3 is 15.3 Å². The second kappa shape index (κ2) is 6.37. The first-order chi connectivity index (χ1) is 11.1. The second-order valence-electron chi connectivity index (χ2n) is 5.24. The maximum Gasteiger partial charge on any atom is 0.229 e. The molecule has 0 spiro atoms. The average Bonchev–Trinajstić information content (AvgIpc) is 2.92. The van der Waals surface area contributed by atoms with E-state index in [-0.39, 0.29) is 29.7 Å². The smallest absolute Gasteiger partial charge is 0.229 e. The predicted octanol–water partition coefficient (Wildman–Crippen LogP) is 2.54. The van der Waals surface area contributed by atoms with Crippen molar-refractivity contribution in [3.05, 3.63) is 47.2 Å². The van der Waals surface area contributed by atoms with Crippen LogP contribution in [-0.2, 0) is 9.59 Å². The minimum absolute atomic E-state index is 0.101. The first-order valence-electron chi connectivity index (χ1n) is 7.05. The van der Waals surface area contributed by atoms with Crippen molar-refractivity contribution in [2.45, 2.75) is 6.42 Å². The van der Waals surface area contributed by atoms with Crippen molar-refractivity contribution in [2.75, 3.05) is 16.8 Å². The van der Waals surface area contributed by atoms with Gasteiger partial charge in [0.05, 0.1) is 23.5 Å². The number of hydrogen-bond acceptors (Lipinski definition) is 4. The van der Waals surface area contributed by atoms with Gasteiger partial charge in [-0.25, -0.2) is 0 Å². The highest BCUT2D eigenvalue weighted by Crippen LogP contribution is 2.32. The number of nitrogens with zero attached hydrogens (tertiary/aromatic N) is 2. The van der Waals surface area contributed by atoms with E-state index < -0.39 is 5.92 Å². The highest BCUT2D eigenvalue weighted by molar-refractivity contribution is 9.10. The molecule has 118 valence electrons. The SMILES string of the molecule is O=C(Nc1ccncc1O)[C@H]1CC(=O)N(c2ccccc2Br)C1. The molecular formula is C16H14BrN3O3. The molecule has 2 aromatic rings. The van der Waals surface area contributed by atoms with Crippen molar-refractivity contribution in [1.29, 1.82) is 0 Å². The Bertz CT molecular complexity index is 766. The number of nitrogens with one attached hydrogen (secondary N) is 1. The molecule has 1 aliphatic rings. The minimum Gasteiger partial charge on any atom is -0.504 e. The predicted molar refractivity (Wildman–Crippen MR) is 89.1 cm³/mol. The lowest BCUT2D eigenvalue weighted by atomic mass is 10.1. The number of carbonyl (C=O) groups is 2. The molecule has 0 radical (unpaired) electrons. The second-order valence-corrected chi connectivity index (χ2v) is 6.09. The van der Waals surface area contributed by atoms with Crippen LogP contribution in [0.2, 0.25) is 0 Å². The van der Waals surface area contributed by atoms with Crippen molar-refractivity contribution >= 4 is 39.1 Å². The summed E-state index contributed by atoms with van der Waals surface area (Å²) in [6.45, 7) is 0.305. The number of rotatable bonds is 3. The molecule has 2 N–H and O–H groups in total. The van der Waals surface area contributed by atoms with Crippen molar-refractivity contribution in [3.63, 3.8) is 0 Å². The van der Waals surface area contributed by atoms with Gasteiger partial charge in [-0.05, 0) is 34.1 Å². The van der Waals surface area contributed by atoms with Crippen LogP contribution < -0.4 is 10.2 Å². The zero-order chi connectivity index (χ0) is 16.4. The molecule has 6 nitrogen and oxygen atoms in total. The summed E-state index contributed by atoms with van der Waals surface area (Å²) in [6.07, 6.45) is 2.87. The van der Waals surface area contributed by atoms with Crippen LogP contribution in [0.4, 0.5) is 11.4 Å². The Morgan fingerprint density at radius 1 is 1.35 bits per heavy atom. The summed E-state index contributed by atoms with van der Waals surface area (Å²) < 4.78 is 0.807. The van der Waals surface area contributed by atoms with Gasteiger partial charge in [-0.15, -0.1) is 0 Å². The Kier molecular flexibility index (Phi) is 4.29. The first-order valence-corrected chi connectivity index (χ1v) is 7.84. The number of carbonyl (C=O) groups excluding carboxylic acids is 2. The Balaban J connectivity index is 1.74. The topological polar surface area (TPSA) is 82.5 Å². The van der Waals surface area contributed by atoms with Gasteiger partial charge in [-0.2, -0.15) is 0 Å². The first kappa shape index (κ1) is 15.5. The van der Waals surface area contributed by atoms with Gasteiger partial charge in [0.2, 0.25) is 11.8 Å². The van der Waals surface area contributed by atoms with Crippen molar-refractivity contribution in [3.8, 4) is 5.75 Å². The summed E-state index contributed by atoms with van der Waals surface area (Å²) in [5, 5.41) is 12.3. The standard InChI is InChI=1S/C16H14BrN3O3/c17-11-3-1-2-4-13(11)20-9-10(7-15(20)22)16(23)19-12-5-6-18-8-14(12)21/h1-6,8,10,21H,7,9H2,(H,18,19,23)/t10-/m0/s1. The molecule has 1 fully saturated rings. The van der Waals surface area contributed by atoms with Crippen LogP contribution in [0.15, 0.2) is 47.2 Å². The number of halogens is 1. The summed E-state index contributed by atoms with van der Waals surface area (Å²) >= 11 is 3.42. The third-order valence-electron chi connectivity index (χ3n) is 3.70. The summed E-state index contributed by atoms with van der Waals surface area (Å²) in [6, 6.07) is 8.90. The van der Waals surface area contributed by atoms with E-state index in [2.05, 4.69) is 26.2 Å². The van der Waals surface area contributed by atoms with Crippen LogP contribution in [0.25, 0.3) is 0 Å². The Morgan fingerprint density at radius 3 is 2.87 bits per heavy atom. The number of aromatic nitrogens is 1. The summed E-state index contributed by atoms with van der Waals surface area (Å²) in [5.41, 5.74) is 1.04. The average molecular weight is 376 g/mol. The molecule has 0 aliphatic carbocycles. The van der Waals surface area contributed by atoms with E-state index in [0.29, 0.717) is 6.54 Å². The van der Waals surface area contributed by atoms with Gasteiger partial charge in [0.15, 0.2) is 5.75 Å². The largest absolute Gasteiger partial charge is 0.504 e. The zero-order valence-electron chi connectivity index (χ0n) is 12.1. The molecule has 0 unspecified atom stereocenters. The number of anilines is 2. The van der Waals surface area contributed by atoms with Gasteiger partial charge in [-0.1, -0.05) is 12.1 Å². The lowest BCUT2D eigenvalue weighted by Gasteiger charge is -2.18. The summed E-state index contributed by atoms with van der Waals surface area (Å²) in [5.74, 6) is -0.972. The van der Waals surface area contributed by atoms with E-state index in [1.54, 1.807) is 4.90 Å². The van der Waals surface area contributed by atoms with E-state index in [9.17, 15) is 14.7 Å². The van der Waals surface area contributed by atoms with E-state index in [4.69, 9.17) is 0 Å². The molecule has 0 saturated carbocycles. The maximum atomic E-state index is 12.3. The van der Waals surface area contributed by atoms with Crippen LogP contribution in [0.3, 0.4) is 0 Å². The quantitative estimate of drug-likeness (QED) is 0.863. The maximum absolute atomic E-state index is 12.3. The van der Waals surface area contributed by atoms with Crippen LogP contribution in [0.5, 0.6) is 5.75 Å². The van der Waals surface area contributed by atoms with Crippen LogP contribution in [-0.4, -0.2) is 28.4 Å². The van der Waals surface area contributed by atoms with Gasteiger partial charge in [0, 0.05) is 23.6 Å². The van der Waals surface area contributed by atoms with Crippen molar-refractivity contribution in [1.82, 2.24) is 4.98 Å². The van der Waals surface area contributed by atoms with E-state index >= 15 is 0 Å². The van der Waals surface area contributed by atoms with E-state index in [1.165, 1.54) is 18.5 Å². The molecule has 1 aromatic carbocycles. The normalized spacial score (nSPS) is 17.3. The lowest BCUT2D eigenvalue weighted by Crippen LogP contribution is -2.28.